The molecule has 3 heterocycles. The summed E-state index contributed by atoms with van der Waals surface area (Å²) in [6.07, 6.45) is 1.07. The van der Waals surface area contributed by atoms with Gasteiger partial charge in [0.1, 0.15) is 11.5 Å². The molecule has 14 nitrogen and oxygen atoms in total. The van der Waals surface area contributed by atoms with Crippen molar-refractivity contribution in [1.82, 2.24) is 25.4 Å². The molecule has 1 saturated heterocycles. The number of amides is 5. The number of carboxylic acid groups (broad SMARTS) is 1. The molecule has 1 aromatic carbocycles. The number of hydrogen-bond acceptors (Lipinski definition) is 9. The number of likely N-dealkylation sites (N-methyl/N-ethyl adjacent to an activating group) is 1. The number of para-hydroxylation sites is 1. The van der Waals surface area contributed by atoms with Crippen molar-refractivity contribution in [2.75, 3.05) is 19.6 Å². The normalized spacial score (nSPS) is 17.8. The van der Waals surface area contributed by atoms with Crippen LogP contribution in [0, 0.1) is 0 Å². The molecule has 5 amide bonds. The van der Waals surface area contributed by atoms with Crippen LogP contribution in [0.3, 0.4) is 0 Å². The Morgan fingerprint density at radius 2 is 1.95 bits per heavy atom. The van der Waals surface area contributed by atoms with Gasteiger partial charge in [-0.2, -0.15) is 0 Å². The van der Waals surface area contributed by atoms with Gasteiger partial charge in [0, 0.05) is 19.6 Å². The van der Waals surface area contributed by atoms with Crippen molar-refractivity contribution in [2.24, 2.45) is 0 Å². The van der Waals surface area contributed by atoms with Gasteiger partial charge in [0.15, 0.2) is 6.04 Å². The summed E-state index contributed by atoms with van der Waals surface area (Å²) in [5, 5.41) is 34.4. The second-order valence-corrected chi connectivity index (χ2v) is 8.59. The number of carbonyl (C=O) groups excluding carboxylic acids is 4. The summed E-state index contributed by atoms with van der Waals surface area (Å²) in [6.45, 7) is 2.04. The first kappa shape index (κ1) is 26.4. The lowest BCUT2D eigenvalue weighted by Gasteiger charge is -2.33. The quantitative estimate of drug-likeness (QED) is 0.232. The number of rotatable bonds is 6. The number of aromatic hydroxyl groups is 1. The van der Waals surface area contributed by atoms with E-state index in [0.717, 1.165) is 6.20 Å². The van der Waals surface area contributed by atoms with Gasteiger partial charge in [-0.15, -0.1) is 0 Å². The summed E-state index contributed by atoms with van der Waals surface area (Å²) < 4.78 is 5.39. The fourth-order valence-electron chi connectivity index (χ4n) is 4.20. The van der Waals surface area contributed by atoms with E-state index < -0.39 is 48.8 Å². The molecule has 2 aromatic rings. The van der Waals surface area contributed by atoms with Crippen molar-refractivity contribution >= 4 is 36.8 Å². The zero-order chi connectivity index (χ0) is 27.6. The third kappa shape index (κ3) is 5.22. The highest BCUT2D eigenvalue weighted by Crippen LogP contribution is 2.30. The van der Waals surface area contributed by atoms with Gasteiger partial charge >= 0.3 is 30.9 Å². The maximum absolute atomic E-state index is 13.3. The molecule has 2 aliphatic rings. The summed E-state index contributed by atoms with van der Waals surface area (Å²) in [5.41, 5.74) is 0.285. The van der Waals surface area contributed by atoms with E-state index in [1.165, 1.54) is 29.2 Å². The van der Waals surface area contributed by atoms with E-state index in [0.29, 0.717) is 17.0 Å². The Bertz CT molecular complexity index is 1290. The maximum atomic E-state index is 13.3. The van der Waals surface area contributed by atoms with Crippen molar-refractivity contribution < 1.29 is 43.9 Å². The zero-order valence-corrected chi connectivity index (χ0v) is 20.2. The minimum absolute atomic E-state index is 0.000555. The Balaban J connectivity index is 1.54. The van der Waals surface area contributed by atoms with Crippen LogP contribution in [0.25, 0.3) is 0 Å². The van der Waals surface area contributed by atoms with Crippen molar-refractivity contribution in [1.29, 1.82) is 0 Å². The van der Waals surface area contributed by atoms with E-state index >= 15 is 0 Å². The SMILES string of the molecule is CCN1CCN(C(=O)NC(C(=O)N[C@H]2Cc3cccc(C(=O)O)c3OB2O)c2ccc(O)cn2)C(=O)C1=O. The molecular weight excluding hydrogens is 501 g/mol. The predicted octanol–water partition coefficient (Wildman–Crippen LogP) is -0.934. The lowest BCUT2D eigenvalue weighted by molar-refractivity contribution is -0.153. The first-order chi connectivity index (χ1) is 18.1. The largest absolute Gasteiger partial charge is 0.547 e. The molecule has 0 spiro atoms. The molecule has 0 aliphatic carbocycles. The minimum atomic E-state index is -1.61. The first-order valence-electron chi connectivity index (χ1n) is 11.7. The number of hydrogen-bond donors (Lipinski definition) is 5. The summed E-state index contributed by atoms with van der Waals surface area (Å²) in [5.74, 6) is -5.23. The first-order valence-corrected chi connectivity index (χ1v) is 11.7. The summed E-state index contributed by atoms with van der Waals surface area (Å²) >= 11 is 0. The smallest absolute Gasteiger partial charge is 0.534 e. The third-order valence-electron chi connectivity index (χ3n) is 6.21. The Morgan fingerprint density at radius 1 is 1.18 bits per heavy atom. The standard InChI is InChI=1S/C23H24BN5O9/c1-2-28-8-9-29(21(33)20(28)32)23(36)27-17(15-7-6-13(30)11-25-15)19(31)26-16-10-12-4-3-5-14(22(34)35)18(12)38-24(16)37/h3-7,11,16-17,30,37H,2,8-10H2,1H3,(H,26,31)(H,27,36)(H,34,35)/t16-,17?/m0/s1. The van der Waals surface area contributed by atoms with Gasteiger partial charge < -0.3 is 35.4 Å². The van der Waals surface area contributed by atoms with Crippen LogP contribution in [0.1, 0.15) is 34.6 Å². The molecule has 1 aromatic heterocycles. The second-order valence-electron chi connectivity index (χ2n) is 8.59. The van der Waals surface area contributed by atoms with E-state index in [9.17, 15) is 39.2 Å². The van der Waals surface area contributed by atoms with Crippen LogP contribution in [0.2, 0.25) is 0 Å². The van der Waals surface area contributed by atoms with Gasteiger partial charge in [0.2, 0.25) is 5.91 Å². The van der Waals surface area contributed by atoms with Gasteiger partial charge in [-0.1, -0.05) is 12.1 Å². The molecule has 38 heavy (non-hydrogen) atoms. The Kier molecular flexibility index (Phi) is 7.48. The maximum Gasteiger partial charge on any atom is 0.547 e. The number of urea groups is 1. The number of carbonyl (C=O) groups is 5. The van der Waals surface area contributed by atoms with E-state index in [1.807, 2.05) is 0 Å². The minimum Gasteiger partial charge on any atom is -0.534 e. The van der Waals surface area contributed by atoms with E-state index in [4.69, 9.17) is 4.65 Å². The average Bonchev–Trinajstić information content (AvgIpc) is 2.89. The van der Waals surface area contributed by atoms with Crippen molar-refractivity contribution in [3.63, 3.8) is 0 Å². The van der Waals surface area contributed by atoms with Crippen LogP contribution >= 0.6 is 0 Å². The van der Waals surface area contributed by atoms with Crippen LogP contribution in [0.4, 0.5) is 4.79 Å². The number of imide groups is 1. The van der Waals surface area contributed by atoms with E-state index in [2.05, 4.69) is 15.6 Å². The molecule has 1 unspecified atom stereocenters. The Labute approximate surface area is 216 Å². The van der Waals surface area contributed by atoms with Crippen LogP contribution in [-0.2, 0) is 20.8 Å². The van der Waals surface area contributed by atoms with Crippen molar-refractivity contribution in [2.45, 2.75) is 25.3 Å². The number of nitrogens with zero attached hydrogens (tertiary/aromatic N) is 3. The predicted molar refractivity (Wildman–Crippen MR) is 129 cm³/mol. The molecule has 15 heteroatoms. The highest BCUT2D eigenvalue weighted by molar-refractivity contribution is 6.47. The van der Waals surface area contributed by atoms with Gasteiger partial charge in [-0.25, -0.2) is 9.59 Å². The number of aromatic nitrogens is 1. The number of carboxylic acids is 1. The molecule has 198 valence electrons. The second kappa shape index (κ2) is 10.8. The number of pyridine rings is 1. The highest BCUT2D eigenvalue weighted by atomic mass is 16.5. The summed E-state index contributed by atoms with van der Waals surface area (Å²) in [7, 11) is -1.61. The van der Waals surface area contributed by atoms with Gasteiger partial charge in [0.25, 0.3) is 0 Å². The number of aromatic carboxylic acids is 1. The number of fused-ring (bicyclic) bond motifs is 1. The van der Waals surface area contributed by atoms with Crippen molar-refractivity contribution in [3.8, 4) is 11.5 Å². The summed E-state index contributed by atoms with van der Waals surface area (Å²) in [4.78, 5) is 68.4. The monoisotopic (exact) mass is 525 g/mol. The van der Waals surface area contributed by atoms with Gasteiger partial charge in [-0.05, 0) is 37.1 Å². The topological polar surface area (TPSA) is 199 Å². The number of piperazine rings is 1. The Hall–Kier alpha value is -4.66. The van der Waals surface area contributed by atoms with Gasteiger partial charge in [0.05, 0.1) is 23.4 Å². The molecule has 4 rings (SSSR count). The highest BCUT2D eigenvalue weighted by Gasteiger charge is 2.41. The van der Waals surface area contributed by atoms with E-state index in [-0.39, 0.29) is 42.3 Å². The lowest BCUT2D eigenvalue weighted by Crippen LogP contribution is -2.60. The third-order valence-corrected chi connectivity index (χ3v) is 6.21. The zero-order valence-electron chi connectivity index (χ0n) is 20.2. The molecule has 0 radical (unpaired) electrons. The van der Waals surface area contributed by atoms with Crippen LogP contribution in [0.5, 0.6) is 11.5 Å². The van der Waals surface area contributed by atoms with Crippen LogP contribution in [0.15, 0.2) is 36.5 Å². The molecule has 1 fully saturated rings. The fraction of sp³-hybridized carbons (Fsp3) is 0.304. The van der Waals surface area contributed by atoms with Crippen LogP contribution in [-0.4, -0.2) is 92.4 Å². The molecule has 0 bridgehead atoms. The fourth-order valence-corrected chi connectivity index (χ4v) is 4.20. The summed E-state index contributed by atoms with van der Waals surface area (Å²) in [6, 6.07) is 4.44. The molecule has 5 N–H and O–H groups in total. The van der Waals surface area contributed by atoms with Crippen LogP contribution < -0.4 is 15.3 Å². The number of nitrogens with one attached hydrogen (secondary N) is 2. The average molecular weight is 525 g/mol. The van der Waals surface area contributed by atoms with E-state index in [1.54, 1.807) is 13.0 Å². The van der Waals surface area contributed by atoms with Crippen molar-refractivity contribution in [3.05, 3.63) is 53.3 Å². The molecule has 2 aliphatic heterocycles. The molecule has 2 atom stereocenters. The Morgan fingerprint density at radius 3 is 2.61 bits per heavy atom. The molecular formula is C23H24BN5O9. The van der Waals surface area contributed by atoms with Gasteiger partial charge in [-0.3, -0.25) is 24.3 Å². The molecule has 0 saturated carbocycles. The lowest BCUT2D eigenvalue weighted by atomic mass is 9.72. The number of benzene rings is 1.